The molecule has 118 valence electrons. The van der Waals surface area contributed by atoms with Crippen LogP contribution in [0.1, 0.15) is 6.92 Å². The Morgan fingerprint density at radius 2 is 1.86 bits per heavy atom. The number of anilines is 1. The minimum Gasteiger partial charge on any atom is -0.480 e. The Hall–Kier alpha value is -2.67. The summed E-state index contributed by atoms with van der Waals surface area (Å²) in [4.78, 5) is 31.2. The molecule has 1 aromatic rings. The summed E-state index contributed by atoms with van der Waals surface area (Å²) in [6.07, 6.45) is 0.712. The molecular weight excluding hydrogens is 290 g/mol. The summed E-state index contributed by atoms with van der Waals surface area (Å²) in [5.74, 6) is -2.18. The van der Waals surface area contributed by atoms with Gasteiger partial charge in [0, 0.05) is 11.3 Å². The van der Waals surface area contributed by atoms with Gasteiger partial charge in [-0.3, -0.25) is 9.59 Å². The largest absolute Gasteiger partial charge is 0.480 e. The molecule has 1 saturated heterocycles. The van der Waals surface area contributed by atoms with Crippen LogP contribution in [0.5, 0.6) is 0 Å². The van der Waals surface area contributed by atoms with Crippen LogP contribution in [-0.4, -0.2) is 47.2 Å². The van der Waals surface area contributed by atoms with Crippen molar-refractivity contribution in [2.45, 2.75) is 13.0 Å². The number of carboxylic acid groups (broad SMARTS) is 2. The number of ketones is 1. The van der Waals surface area contributed by atoms with Gasteiger partial charge in [-0.15, -0.1) is 0 Å². The van der Waals surface area contributed by atoms with E-state index < -0.39 is 11.9 Å². The van der Waals surface area contributed by atoms with Crippen molar-refractivity contribution in [3.8, 4) is 0 Å². The lowest BCUT2D eigenvalue weighted by atomic mass is 10.2. The summed E-state index contributed by atoms with van der Waals surface area (Å²) < 4.78 is 4.66. The smallest absolute Gasteiger partial charge is 0.331 e. The Bertz CT molecular complexity index is 563. The second-order valence-corrected chi connectivity index (χ2v) is 4.47. The number of carbonyl (C=O) groups excluding carboxylic acids is 1. The summed E-state index contributed by atoms with van der Waals surface area (Å²) in [7, 11) is 0. The van der Waals surface area contributed by atoms with Crippen LogP contribution in [0, 0.1) is 0 Å². The fourth-order valence-corrected chi connectivity index (χ4v) is 1.31. The Morgan fingerprint density at radius 1 is 1.27 bits per heavy atom. The SMILES string of the molecule is CC(=CC(=O)C1CO1)C(=O)O.O=C(O)CNc1ccccc1. The van der Waals surface area contributed by atoms with Gasteiger partial charge in [0.2, 0.25) is 0 Å². The summed E-state index contributed by atoms with van der Waals surface area (Å²) >= 11 is 0. The fourth-order valence-electron chi connectivity index (χ4n) is 1.31. The van der Waals surface area contributed by atoms with Gasteiger partial charge in [0.05, 0.1) is 6.61 Å². The molecule has 0 aliphatic carbocycles. The molecule has 0 aromatic heterocycles. The zero-order valence-electron chi connectivity index (χ0n) is 12.0. The normalized spacial score (nSPS) is 16.0. The molecule has 1 heterocycles. The van der Waals surface area contributed by atoms with Crippen LogP contribution in [0.2, 0.25) is 0 Å². The van der Waals surface area contributed by atoms with Crippen LogP contribution in [0.3, 0.4) is 0 Å². The molecule has 7 nitrogen and oxygen atoms in total. The Labute approximate surface area is 127 Å². The number of benzene rings is 1. The third-order valence-corrected chi connectivity index (χ3v) is 2.56. The van der Waals surface area contributed by atoms with Gasteiger partial charge in [0.15, 0.2) is 5.78 Å². The van der Waals surface area contributed by atoms with Crippen LogP contribution >= 0.6 is 0 Å². The highest BCUT2D eigenvalue weighted by Gasteiger charge is 2.29. The third-order valence-electron chi connectivity index (χ3n) is 2.56. The number of hydrogen-bond donors (Lipinski definition) is 3. The first kappa shape index (κ1) is 17.4. The molecule has 1 unspecified atom stereocenters. The number of epoxide rings is 1. The topological polar surface area (TPSA) is 116 Å². The zero-order chi connectivity index (χ0) is 16.5. The number of carboxylic acids is 2. The second-order valence-electron chi connectivity index (χ2n) is 4.47. The van der Waals surface area contributed by atoms with E-state index in [0.29, 0.717) is 6.61 Å². The van der Waals surface area contributed by atoms with Crippen molar-refractivity contribution in [3.63, 3.8) is 0 Å². The summed E-state index contributed by atoms with van der Waals surface area (Å²) in [5, 5.41) is 19.4. The molecule has 1 atom stereocenters. The molecule has 1 aliphatic rings. The van der Waals surface area contributed by atoms with E-state index in [-0.39, 0.29) is 24.0 Å². The standard InChI is InChI=1S/C8H9NO2.C7H8O4/c10-8(11)6-9-7-4-2-1-3-5-7;1-4(7(9)10)2-5(8)6-3-11-6/h1-5,9H,6H2,(H,10,11);2,6H,3H2,1H3,(H,9,10). The van der Waals surface area contributed by atoms with Crippen molar-refractivity contribution in [3.05, 3.63) is 42.0 Å². The minimum atomic E-state index is -1.07. The predicted molar refractivity (Wildman–Crippen MR) is 78.7 cm³/mol. The number of hydrogen-bond acceptors (Lipinski definition) is 5. The quantitative estimate of drug-likeness (QED) is 0.533. The van der Waals surface area contributed by atoms with Crippen LogP contribution in [0.4, 0.5) is 5.69 Å². The Kier molecular flexibility index (Phi) is 6.78. The lowest BCUT2D eigenvalue weighted by Crippen LogP contribution is -2.11. The van der Waals surface area contributed by atoms with Crippen LogP contribution < -0.4 is 5.32 Å². The molecule has 0 saturated carbocycles. The van der Waals surface area contributed by atoms with E-state index in [2.05, 4.69) is 10.1 Å². The maximum atomic E-state index is 10.9. The molecule has 1 fully saturated rings. The van der Waals surface area contributed by atoms with Gasteiger partial charge in [-0.05, 0) is 25.1 Å². The van der Waals surface area contributed by atoms with Gasteiger partial charge in [0.25, 0.3) is 0 Å². The molecule has 3 N–H and O–H groups in total. The van der Waals surface area contributed by atoms with Crippen molar-refractivity contribution in [2.75, 3.05) is 18.5 Å². The third kappa shape index (κ3) is 7.20. The van der Waals surface area contributed by atoms with Gasteiger partial charge in [-0.2, -0.15) is 0 Å². The lowest BCUT2D eigenvalue weighted by molar-refractivity contribution is -0.135. The highest BCUT2D eigenvalue weighted by atomic mass is 16.6. The summed E-state index contributed by atoms with van der Waals surface area (Å²) in [5.41, 5.74) is 0.875. The van der Waals surface area contributed by atoms with Gasteiger partial charge < -0.3 is 20.3 Å². The Balaban J connectivity index is 0.000000220. The molecule has 22 heavy (non-hydrogen) atoms. The first-order valence-electron chi connectivity index (χ1n) is 6.48. The molecule has 0 amide bonds. The molecule has 1 aliphatic heterocycles. The number of rotatable bonds is 6. The fraction of sp³-hybridized carbons (Fsp3) is 0.267. The van der Waals surface area contributed by atoms with Crippen LogP contribution in [0.25, 0.3) is 0 Å². The average Bonchev–Trinajstić information content (AvgIpc) is 3.31. The Morgan fingerprint density at radius 3 is 2.32 bits per heavy atom. The van der Waals surface area contributed by atoms with Crippen LogP contribution in [0.15, 0.2) is 42.0 Å². The van der Waals surface area contributed by atoms with Crippen LogP contribution in [-0.2, 0) is 19.1 Å². The lowest BCUT2D eigenvalue weighted by Gasteiger charge is -2.00. The number of carbonyl (C=O) groups is 3. The molecule has 0 bridgehead atoms. The van der Waals surface area contributed by atoms with E-state index in [0.717, 1.165) is 11.8 Å². The molecule has 2 rings (SSSR count). The average molecular weight is 307 g/mol. The number of ether oxygens (including phenoxy) is 1. The number of nitrogens with one attached hydrogen (secondary N) is 1. The van der Waals surface area contributed by atoms with Gasteiger partial charge in [0.1, 0.15) is 12.6 Å². The molecule has 0 radical (unpaired) electrons. The first-order valence-corrected chi connectivity index (χ1v) is 6.48. The van der Waals surface area contributed by atoms with Crippen molar-refractivity contribution in [1.29, 1.82) is 0 Å². The molecular formula is C15H17NO6. The minimum absolute atomic E-state index is 0.0377. The molecule has 1 aromatic carbocycles. The van der Waals surface area contributed by atoms with Gasteiger partial charge >= 0.3 is 11.9 Å². The second kappa shape index (κ2) is 8.58. The summed E-state index contributed by atoms with van der Waals surface area (Å²) in [6.45, 7) is 1.76. The number of aliphatic carboxylic acids is 2. The van der Waals surface area contributed by atoms with E-state index in [1.165, 1.54) is 6.92 Å². The van der Waals surface area contributed by atoms with Crippen molar-refractivity contribution >= 4 is 23.4 Å². The van der Waals surface area contributed by atoms with E-state index in [1.807, 2.05) is 30.3 Å². The van der Waals surface area contributed by atoms with E-state index in [4.69, 9.17) is 10.2 Å². The van der Waals surface area contributed by atoms with Crippen molar-refractivity contribution in [1.82, 2.24) is 0 Å². The maximum absolute atomic E-state index is 10.9. The van der Waals surface area contributed by atoms with E-state index >= 15 is 0 Å². The first-order chi connectivity index (χ1) is 10.4. The maximum Gasteiger partial charge on any atom is 0.331 e. The van der Waals surface area contributed by atoms with E-state index in [9.17, 15) is 14.4 Å². The number of para-hydroxylation sites is 1. The van der Waals surface area contributed by atoms with Crippen molar-refractivity contribution < 1.29 is 29.3 Å². The highest BCUT2D eigenvalue weighted by Crippen LogP contribution is 2.11. The highest BCUT2D eigenvalue weighted by molar-refractivity contribution is 6.01. The zero-order valence-corrected chi connectivity index (χ0v) is 12.0. The van der Waals surface area contributed by atoms with Crippen molar-refractivity contribution in [2.24, 2.45) is 0 Å². The molecule has 0 spiro atoms. The monoisotopic (exact) mass is 307 g/mol. The predicted octanol–water partition coefficient (Wildman–Crippen LogP) is 1.17. The summed E-state index contributed by atoms with van der Waals surface area (Å²) in [6, 6.07) is 9.23. The van der Waals surface area contributed by atoms with Gasteiger partial charge in [-0.1, -0.05) is 18.2 Å². The molecule has 7 heteroatoms. The van der Waals surface area contributed by atoms with E-state index in [1.54, 1.807) is 0 Å². The van der Waals surface area contributed by atoms with Gasteiger partial charge in [-0.25, -0.2) is 4.79 Å².